The van der Waals surface area contributed by atoms with Gasteiger partial charge < -0.3 is 9.47 Å². The lowest BCUT2D eigenvalue weighted by molar-refractivity contribution is 0.414. The van der Waals surface area contributed by atoms with Crippen LogP contribution in [0.3, 0.4) is 0 Å². The van der Waals surface area contributed by atoms with Crippen LogP contribution in [-0.2, 0) is 0 Å². The van der Waals surface area contributed by atoms with Gasteiger partial charge in [-0.05, 0) is 48.5 Å². The van der Waals surface area contributed by atoms with Gasteiger partial charge >= 0.3 is 0 Å². The SMILES string of the molecule is COc1ccc(S(=C=N)c2ccc(OC)cc2)cc1. The van der Waals surface area contributed by atoms with Gasteiger partial charge in [0.05, 0.1) is 14.2 Å². The number of ether oxygens (including phenoxy) is 2. The van der Waals surface area contributed by atoms with Crippen LogP contribution in [0.5, 0.6) is 11.5 Å². The molecule has 2 aromatic rings. The van der Waals surface area contributed by atoms with E-state index in [1.807, 2.05) is 48.5 Å². The lowest BCUT2D eigenvalue weighted by atomic mass is 10.3. The number of rotatable bonds is 4. The van der Waals surface area contributed by atoms with Crippen molar-refractivity contribution in [1.29, 1.82) is 5.41 Å². The first-order valence-electron chi connectivity index (χ1n) is 5.73. The molecular formula is C15H15NO2S. The molecule has 0 aliphatic carbocycles. The molecule has 0 amide bonds. The summed E-state index contributed by atoms with van der Waals surface area (Å²) in [6.45, 7) is 0. The second kappa shape index (κ2) is 6.23. The topological polar surface area (TPSA) is 42.3 Å². The van der Waals surface area contributed by atoms with Gasteiger partial charge in [0, 0.05) is 15.0 Å². The Morgan fingerprint density at radius 3 is 1.42 bits per heavy atom. The van der Waals surface area contributed by atoms with E-state index in [2.05, 4.69) is 5.16 Å². The summed E-state index contributed by atoms with van der Waals surface area (Å²) < 4.78 is 10.3. The first-order valence-corrected chi connectivity index (χ1v) is 6.95. The predicted molar refractivity (Wildman–Crippen MR) is 77.8 cm³/mol. The van der Waals surface area contributed by atoms with Gasteiger partial charge in [-0.25, -0.2) is 0 Å². The van der Waals surface area contributed by atoms with Crippen molar-refractivity contribution in [3.63, 3.8) is 0 Å². The molecule has 4 heteroatoms. The van der Waals surface area contributed by atoms with E-state index in [0.29, 0.717) is 0 Å². The molecule has 0 aliphatic rings. The quantitative estimate of drug-likeness (QED) is 0.678. The zero-order chi connectivity index (χ0) is 13.7. The minimum absolute atomic E-state index is 0.473. The highest BCUT2D eigenvalue weighted by Gasteiger charge is 2.04. The maximum absolute atomic E-state index is 7.53. The molecule has 0 fully saturated rings. The average Bonchev–Trinajstić information content (AvgIpc) is 2.49. The number of benzene rings is 2. The largest absolute Gasteiger partial charge is 0.497 e. The third kappa shape index (κ3) is 3.05. The molecule has 1 N–H and O–H groups in total. The number of isothiocyanates is 1. The molecule has 0 saturated heterocycles. The highest BCUT2D eigenvalue weighted by molar-refractivity contribution is 8.14. The highest BCUT2D eigenvalue weighted by Crippen LogP contribution is 2.35. The summed E-state index contributed by atoms with van der Waals surface area (Å²) in [5, 5.41) is 10.1. The molecular weight excluding hydrogens is 258 g/mol. The Hall–Kier alpha value is -2.03. The van der Waals surface area contributed by atoms with Gasteiger partial charge in [-0.15, -0.1) is 0 Å². The Labute approximate surface area is 115 Å². The monoisotopic (exact) mass is 273 g/mol. The number of methoxy groups -OCH3 is 2. The van der Waals surface area contributed by atoms with Crippen LogP contribution in [0.4, 0.5) is 0 Å². The van der Waals surface area contributed by atoms with E-state index in [1.54, 1.807) is 14.2 Å². The second-order valence-corrected chi connectivity index (χ2v) is 5.52. The lowest BCUT2D eigenvalue weighted by Gasteiger charge is -2.08. The Bertz CT molecular complexity index is 550. The Morgan fingerprint density at radius 2 is 1.16 bits per heavy atom. The van der Waals surface area contributed by atoms with E-state index in [9.17, 15) is 0 Å². The molecule has 2 aromatic carbocycles. The fraction of sp³-hybridized carbons (Fsp3) is 0.133. The third-order valence-corrected chi connectivity index (χ3v) is 4.38. The minimum Gasteiger partial charge on any atom is -0.497 e. The third-order valence-electron chi connectivity index (χ3n) is 2.69. The van der Waals surface area contributed by atoms with E-state index in [-0.39, 0.29) is 0 Å². The molecule has 0 atom stereocenters. The van der Waals surface area contributed by atoms with Gasteiger partial charge in [0.15, 0.2) is 0 Å². The standard InChI is InChI=1S/C15H15NO2S/c1-17-12-3-7-14(8-4-12)19(11-16)15-9-5-13(18-2)6-10-15/h3-10,16H,1-2H3. The maximum atomic E-state index is 7.53. The first-order chi connectivity index (χ1) is 9.28. The van der Waals surface area contributed by atoms with Gasteiger partial charge in [0.2, 0.25) is 0 Å². The molecule has 0 aromatic heterocycles. The van der Waals surface area contributed by atoms with Crippen LogP contribution in [0.15, 0.2) is 58.3 Å². The summed E-state index contributed by atoms with van der Waals surface area (Å²) in [7, 11) is 2.81. The number of hydrogen-bond acceptors (Lipinski definition) is 3. The van der Waals surface area contributed by atoms with Crippen LogP contribution < -0.4 is 9.47 Å². The highest BCUT2D eigenvalue weighted by atomic mass is 32.2. The van der Waals surface area contributed by atoms with Crippen molar-refractivity contribution in [3.8, 4) is 11.5 Å². The molecule has 19 heavy (non-hydrogen) atoms. The van der Waals surface area contributed by atoms with Crippen molar-refractivity contribution in [2.45, 2.75) is 9.79 Å². The summed E-state index contributed by atoms with van der Waals surface area (Å²) in [6.07, 6.45) is 0. The summed E-state index contributed by atoms with van der Waals surface area (Å²) >= 11 is 0. The number of hydrogen-bond donors (Lipinski definition) is 1. The normalized spacial score (nSPS) is 10.1. The first kappa shape index (κ1) is 13.4. The smallest absolute Gasteiger partial charge is 0.118 e. The molecule has 0 unspecified atom stereocenters. The van der Waals surface area contributed by atoms with Crippen molar-refractivity contribution < 1.29 is 9.47 Å². The van der Waals surface area contributed by atoms with Gasteiger partial charge in [-0.3, -0.25) is 5.41 Å². The fourth-order valence-electron chi connectivity index (χ4n) is 1.68. The Morgan fingerprint density at radius 1 is 0.789 bits per heavy atom. The van der Waals surface area contributed by atoms with Crippen LogP contribution in [0.2, 0.25) is 0 Å². The van der Waals surface area contributed by atoms with Crippen LogP contribution >= 0.6 is 10.5 Å². The van der Waals surface area contributed by atoms with Gasteiger partial charge in [-0.1, -0.05) is 10.5 Å². The molecule has 0 aliphatic heterocycles. The summed E-state index contributed by atoms with van der Waals surface area (Å²) in [4.78, 5) is 2.09. The van der Waals surface area contributed by atoms with Crippen LogP contribution in [-0.4, -0.2) is 19.4 Å². The summed E-state index contributed by atoms with van der Waals surface area (Å²) in [6, 6.07) is 15.5. The molecule has 3 nitrogen and oxygen atoms in total. The van der Waals surface area contributed by atoms with Crippen molar-refractivity contribution in [2.24, 2.45) is 0 Å². The van der Waals surface area contributed by atoms with E-state index in [4.69, 9.17) is 14.9 Å². The van der Waals surface area contributed by atoms with Crippen molar-refractivity contribution in [3.05, 3.63) is 48.5 Å². The fourth-order valence-corrected chi connectivity index (χ4v) is 3.00. The minimum atomic E-state index is -0.473. The average molecular weight is 273 g/mol. The van der Waals surface area contributed by atoms with E-state index < -0.39 is 10.5 Å². The summed E-state index contributed by atoms with van der Waals surface area (Å²) in [5.41, 5.74) is 0. The molecule has 0 saturated carbocycles. The lowest BCUT2D eigenvalue weighted by Crippen LogP contribution is -1.84. The van der Waals surface area contributed by atoms with E-state index >= 15 is 0 Å². The molecule has 0 bridgehead atoms. The predicted octanol–water partition coefficient (Wildman–Crippen LogP) is 3.87. The van der Waals surface area contributed by atoms with E-state index in [1.165, 1.54) is 0 Å². The molecule has 98 valence electrons. The number of nitrogens with one attached hydrogen (secondary N) is 1. The zero-order valence-corrected chi connectivity index (χ0v) is 11.7. The molecule has 2 rings (SSSR count). The van der Waals surface area contributed by atoms with Crippen molar-refractivity contribution >= 4 is 15.6 Å². The van der Waals surface area contributed by atoms with E-state index in [0.717, 1.165) is 21.3 Å². The molecule has 0 heterocycles. The zero-order valence-electron chi connectivity index (χ0n) is 10.8. The van der Waals surface area contributed by atoms with Crippen LogP contribution in [0.1, 0.15) is 0 Å². The Kier molecular flexibility index (Phi) is 4.39. The van der Waals surface area contributed by atoms with Gasteiger partial charge in [0.1, 0.15) is 11.5 Å². The maximum Gasteiger partial charge on any atom is 0.118 e. The Balaban J connectivity index is 2.35. The summed E-state index contributed by atoms with van der Waals surface area (Å²) in [5.74, 6) is 1.62. The van der Waals surface area contributed by atoms with Gasteiger partial charge in [0.25, 0.3) is 0 Å². The van der Waals surface area contributed by atoms with Crippen LogP contribution in [0, 0.1) is 5.41 Å². The molecule has 0 spiro atoms. The van der Waals surface area contributed by atoms with Crippen molar-refractivity contribution in [2.75, 3.05) is 14.2 Å². The van der Waals surface area contributed by atoms with Gasteiger partial charge in [-0.2, -0.15) is 0 Å². The second-order valence-electron chi connectivity index (χ2n) is 3.76. The van der Waals surface area contributed by atoms with Crippen LogP contribution in [0.25, 0.3) is 0 Å². The molecule has 0 radical (unpaired) electrons. The van der Waals surface area contributed by atoms with Crippen molar-refractivity contribution in [1.82, 2.24) is 0 Å².